The summed E-state index contributed by atoms with van der Waals surface area (Å²) in [5.41, 5.74) is 0.844. The van der Waals surface area contributed by atoms with E-state index in [1.165, 1.54) is 36.5 Å². The van der Waals surface area contributed by atoms with Crippen molar-refractivity contribution in [1.82, 2.24) is 14.6 Å². The summed E-state index contributed by atoms with van der Waals surface area (Å²) in [5, 5.41) is 2.32. The number of halogens is 4. The number of carbonyl (C=O) groups excluding carboxylic acids is 1. The molecule has 1 N–H and O–H groups in total. The third kappa shape index (κ3) is 5.01. The monoisotopic (exact) mass is 547 g/mol. The molecule has 4 aromatic rings. The van der Waals surface area contributed by atoms with Gasteiger partial charge in [0.25, 0.3) is 10.0 Å². The number of hydrogen-bond acceptors (Lipinski definition) is 5. The fourth-order valence-electron chi connectivity index (χ4n) is 4.41. The van der Waals surface area contributed by atoms with Gasteiger partial charge in [0.1, 0.15) is 17.4 Å². The molecule has 0 radical (unpaired) electrons. The largest absolute Gasteiger partial charge is 0.443 e. The van der Waals surface area contributed by atoms with E-state index in [-0.39, 0.29) is 24.1 Å². The van der Waals surface area contributed by atoms with Gasteiger partial charge in [-0.1, -0.05) is 18.2 Å². The van der Waals surface area contributed by atoms with Crippen molar-refractivity contribution in [3.8, 4) is 11.3 Å². The molecule has 1 aliphatic heterocycles. The van der Waals surface area contributed by atoms with Gasteiger partial charge in [-0.2, -0.15) is 17.5 Å². The average Bonchev–Trinajstić information content (AvgIpc) is 3.56. The Hall–Kier alpha value is -3.77. The number of amides is 1. The molecule has 1 amide bonds. The highest BCUT2D eigenvalue weighted by Gasteiger charge is 2.41. The summed E-state index contributed by atoms with van der Waals surface area (Å²) >= 11 is 0. The van der Waals surface area contributed by atoms with Crippen LogP contribution in [-0.2, 0) is 27.5 Å². The smallest absolute Gasteiger partial charge is 0.416 e. The summed E-state index contributed by atoms with van der Waals surface area (Å²) in [6.07, 6.45) is -2.21. The van der Waals surface area contributed by atoms with Crippen molar-refractivity contribution in [2.75, 3.05) is 6.54 Å². The van der Waals surface area contributed by atoms with Gasteiger partial charge >= 0.3 is 6.18 Å². The topological polar surface area (TPSA) is 92.5 Å². The first kappa shape index (κ1) is 25.9. The van der Waals surface area contributed by atoms with E-state index in [0.29, 0.717) is 29.7 Å². The molecule has 5 rings (SSSR count). The summed E-state index contributed by atoms with van der Waals surface area (Å²) in [7, 11) is -4.20. The van der Waals surface area contributed by atoms with E-state index < -0.39 is 44.6 Å². The average molecular weight is 548 g/mol. The number of fused-ring (bicyclic) bond motifs is 1. The van der Waals surface area contributed by atoms with Gasteiger partial charge in [-0.25, -0.2) is 12.8 Å². The van der Waals surface area contributed by atoms with Crippen molar-refractivity contribution in [1.29, 1.82) is 0 Å². The van der Waals surface area contributed by atoms with E-state index >= 15 is 0 Å². The Kier molecular flexibility index (Phi) is 6.70. The van der Waals surface area contributed by atoms with Gasteiger partial charge in [0, 0.05) is 30.9 Å². The van der Waals surface area contributed by atoms with Crippen LogP contribution >= 0.6 is 0 Å². The zero-order valence-corrected chi connectivity index (χ0v) is 20.5. The molecule has 1 fully saturated rings. The van der Waals surface area contributed by atoms with E-state index in [2.05, 4.69) is 10.3 Å². The summed E-state index contributed by atoms with van der Waals surface area (Å²) in [5.74, 6) is -1.13. The predicted octanol–water partition coefficient (Wildman–Crippen LogP) is 5.12. The minimum Gasteiger partial charge on any atom is -0.443 e. The SMILES string of the molecule is O=C(NCc1ccnc(-c2ccc(C(F)(F)F)cc2)c1)C1CCCN1S(=O)(=O)c1cc2c(F)cccc2o1. The molecule has 38 heavy (non-hydrogen) atoms. The van der Waals surface area contributed by atoms with Gasteiger partial charge in [0.05, 0.1) is 16.6 Å². The normalized spacial score (nSPS) is 16.7. The van der Waals surface area contributed by atoms with Crippen molar-refractivity contribution in [2.24, 2.45) is 0 Å². The Morgan fingerprint density at radius 2 is 1.87 bits per heavy atom. The molecule has 0 saturated carbocycles. The van der Waals surface area contributed by atoms with Crippen LogP contribution in [0.2, 0.25) is 0 Å². The zero-order valence-electron chi connectivity index (χ0n) is 19.7. The van der Waals surface area contributed by atoms with Gasteiger partial charge in [0.15, 0.2) is 0 Å². The molecule has 2 aromatic heterocycles. The Balaban J connectivity index is 1.29. The molecule has 12 heteroatoms. The first-order chi connectivity index (χ1) is 18.0. The standard InChI is InChI=1S/C26H21F4N3O4S/c27-20-3-1-5-23-19(20)14-24(37-23)38(35,36)33-12-2-4-22(33)25(34)32-15-16-10-11-31-21(13-16)17-6-8-18(9-7-17)26(28,29)30/h1,3,5-11,13-14,22H,2,4,12,15H2,(H,32,34). The number of benzene rings is 2. The fraction of sp³-hybridized carbons (Fsp3) is 0.231. The molecule has 1 unspecified atom stereocenters. The van der Waals surface area contributed by atoms with Gasteiger partial charge < -0.3 is 9.73 Å². The van der Waals surface area contributed by atoms with E-state index in [1.54, 1.807) is 12.1 Å². The number of sulfonamides is 1. The van der Waals surface area contributed by atoms with E-state index in [0.717, 1.165) is 22.5 Å². The second-order valence-electron chi connectivity index (χ2n) is 8.83. The van der Waals surface area contributed by atoms with Gasteiger partial charge in [-0.3, -0.25) is 9.78 Å². The van der Waals surface area contributed by atoms with Crippen molar-refractivity contribution < 1.29 is 35.2 Å². The number of pyridine rings is 1. The van der Waals surface area contributed by atoms with Gasteiger partial charge in [-0.05, 0) is 54.8 Å². The van der Waals surface area contributed by atoms with Crippen molar-refractivity contribution in [2.45, 2.75) is 36.7 Å². The molecule has 1 saturated heterocycles. The Labute approximate surface area is 215 Å². The third-order valence-electron chi connectivity index (χ3n) is 6.35. The summed E-state index contributed by atoms with van der Waals surface area (Å²) in [6.45, 7) is 0.155. The van der Waals surface area contributed by atoms with E-state index in [4.69, 9.17) is 4.42 Å². The minimum atomic E-state index is -4.44. The van der Waals surface area contributed by atoms with Gasteiger partial charge in [-0.15, -0.1) is 0 Å². The molecule has 7 nitrogen and oxygen atoms in total. The number of furan rings is 1. The number of nitrogens with zero attached hydrogens (tertiary/aromatic N) is 2. The molecule has 2 aromatic carbocycles. The van der Waals surface area contributed by atoms with Crippen LogP contribution in [0.25, 0.3) is 22.2 Å². The maximum Gasteiger partial charge on any atom is 0.416 e. The number of carbonyl (C=O) groups is 1. The van der Waals surface area contributed by atoms with Crippen LogP contribution in [0.5, 0.6) is 0 Å². The number of rotatable bonds is 6. The maximum atomic E-state index is 14.1. The molecule has 198 valence electrons. The lowest BCUT2D eigenvalue weighted by Crippen LogP contribution is -2.45. The van der Waals surface area contributed by atoms with Gasteiger partial charge in [0.2, 0.25) is 11.0 Å². The number of hydrogen-bond donors (Lipinski definition) is 1. The van der Waals surface area contributed by atoms with E-state index in [9.17, 15) is 30.8 Å². The van der Waals surface area contributed by atoms with Crippen LogP contribution in [0.15, 0.2) is 76.4 Å². The number of aromatic nitrogens is 1. The quantitative estimate of drug-likeness (QED) is 0.338. The molecule has 0 bridgehead atoms. The molecule has 0 spiro atoms. The molecule has 0 aliphatic carbocycles. The maximum absolute atomic E-state index is 14.1. The molecule has 1 aliphatic rings. The Morgan fingerprint density at radius 3 is 2.58 bits per heavy atom. The number of nitrogens with one attached hydrogen (secondary N) is 1. The second-order valence-corrected chi connectivity index (χ2v) is 10.7. The highest BCUT2D eigenvalue weighted by Crippen LogP contribution is 2.32. The molecular weight excluding hydrogens is 526 g/mol. The second kappa shape index (κ2) is 9.84. The van der Waals surface area contributed by atoms with Crippen LogP contribution in [-0.4, -0.2) is 36.2 Å². The highest BCUT2D eigenvalue weighted by atomic mass is 32.2. The summed E-state index contributed by atoms with van der Waals surface area (Å²) < 4.78 is 85.5. The first-order valence-electron chi connectivity index (χ1n) is 11.6. The lowest BCUT2D eigenvalue weighted by molar-refractivity contribution is -0.137. The lowest BCUT2D eigenvalue weighted by atomic mass is 10.1. The molecule has 3 heterocycles. The van der Waals surface area contributed by atoms with Crippen LogP contribution in [0, 0.1) is 5.82 Å². The van der Waals surface area contributed by atoms with Crippen LogP contribution in [0.3, 0.4) is 0 Å². The molecule has 1 atom stereocenters. The summed E-state index contributed by atoms with van der Waals surface area (Å²) in [4.78, 5) is 17.2. The number of alkyl halides is 3. The third-order valence-corrected chi connectivity index (χ3v) is 8.12. The summed E-state index contributed by atoms with van der Waals surface area (Å²) in [6, 6.07) is 12.1. The van der Waals surface area contributed by atoms with Crippen LogP contribution in [0.4, 0.5) is 17.6 Å². The molecular formula is C26H21F4N3O4S. The first-order valence-corrected chi connectivity index (χ1v) is 13.1. The Morgan fingerprint density at radius 1 is 1.11 bits per heavy atom. The van der Waals surface area contributed by atoms with Crippen molar-refractivity contribution in [3.63, 3.8) is 0 Å². The van der Waals surface area contributed by atoms with Crippen LogP contribution < -0.4 is 5.32 Å². The van der Waals surface area contributed by atoms with E-state index in [1.807, 2.05) is 0 Å². The predicted molar refractivity (Wildman–Crippen MR) is 130 cm³/mol. The minimum absolute atomic E-state index is 0.0350. The highest BCUT2D eigenvalue weighted by molar-refractivity contribution is 7.89. The zero-order chi connectivity index (χ0) is 27.1. The van der Waals surface area contributed by atoms with Crippen molar-refractivity contribution >= 4 is 26.9 Å². The van der Waals surface area contributed by atoms with Crippen molar-refractivity contribution in [3.05, 3.63) is 83.8 Å². The lowest BCUT2D eigenvalue weighted by Gasteiger charge is -2.22. The van der Waals surface area contributed by atoms with Crippen LogP contribution in [0.1, 0.15) is 24.0 Å². The fourth-order valence-corrected chi connectivity index (χ4v) is 6.01. The Bertz CT molecular complexity index is 1600.